The van der Waals surface area contributed by atoms with Crippen LogP contribution < -0.4 is 0 Å². The van der Waals surface area contributed by atoms with Crippen molar-refractivity contribution in [3.63, 3.8) is 0 Å². The van der Waals surface area contributed by atoms with E-state index in [1.165, 1.54) is 0 Å². The lowest BCUT2D eigenvalue weighted by molar-refractivity contribution is -0.519. The molecule has 0 N–H and O–H groups in total. The third kappa shape index (κ3) is 5.21. The van der Waals surface area contributed by atoms with Crippen LogP contribution in [0.15, 0.2) is 0 Å². The van der Waals surface area contributed by atoms with Gasteiger partial charge in [0.25, 0.3) is 0 Å². The molecule has 0 rings (SSSR count). The normalized spacial score (nSPS) is 15.4. The highest BCUT2D eigenvalue weighted by Gasteiger charge is 2.67. The zero-order valence-electron chi connectivity index (χ0n) is 6.60. The zero-order valence-corrected chi connectivity index (χ0v) is 8.18. The maximum absolute atomic E-state index is 12.1. The summed E-state index contributed by atoms with van der Waals surface area (Å²) in [7, 11) is 0. The Kier molecular flexibility index (Phi) is 4.16. The second-order valence-electron chi connectivity index (χ2n) is 2.13. The molecule has 0 unspecified atom stereocenters. The van der Waals surface area contributed by atoms with Gasteiger partial charge in [-0.15, -0.1) is 13.2 Å². The van der Waals surface area contributed by atoms with Gasteiger partial charge in [-0.05, 0) is 0 Å². The van der Waals surface area contributed by atoms with Gasteiger partial charge in [-0.2, -0.15) is 26.3 Å². The second-order valence-corrected chi connectivity index (χ2v) is 3.05. The maximum Gasteiger partial charge on any atom is 0.527 e. The van der Waals surface area contributed by atoms with Gasteiger partial charge in [0.15, 0.2) is 0 Å². The first kappa shape index (κ1) is 15.8. The van der Waals surface area contributed by atoms with E-state index < -0.39 is 23.6 Å². The van der Waals surface area contributed by atoms with Crippen molar-refractivity contribution in [3.8, 4) is 0 Å². The minimum absolute atomic E-state index is 1.08. The van der Waals surface area contributed by atoms with E-state index in [-0.39, 0.29) is 0 Å². The van der Waals surface area contributed by atoms with Gasteiger partial charge in [0, 0.05) is 15.9 Å². The van der Waals surface area contributed by atoms with Crippen molar-refractivity contribution >= 4 is 15.9 Å². The first-order valence-electron chi connectivity index (χ1n) is 2.96. The average molecular weight is 331 g/mol. The molecule has 0 heterocycles. The maximum atomic E-state index is 12.1. The predicted molar refractivity (Wildman–Crippen MR) is 32.0 cm³/mol. The number of alkyl halides is 10. The van der Waals surface area contributed by atoms with Crippen LogP contribution in [0.3, 0.4) is 0 Å². The van der Waals surface area contributed by atoms with Crippen molar-refractivity contribution in [2.45, 2.75) is 23.6 Å². The summed E-state index contributed by atoms with van der Waals surface area (Å²) in [4.78, 5) is 0. The Morgan fingerprint density at radius 2 is 0.938 bits per heavy atom. The first-order valence-corrected chi connectivity index (χ1v) is 3.75. The van der Waals surface area contributed by atoms with E-state index in [1.54, 1.807) is 4.74 Å². The molecule has 0 radical (unpaired) electrons. The zero-order chi connectivity index (χ0) is 13.4. The van der Waals surface area contributed by atoms with Crippen molar-refractivity contribution in [2.75, 3.05) is 0 Å². The van der Waals surface area contributed by atoms with Gasteiger partial charge >= 0.3 is 23.6 Å². The highest BCUT2D eigenvalue weighted by molar-refractivity contribution is 9.09. The fourth-order valence-corrected chi connectivity index (χ4v) is 0.613. The fraction of sp³-hybridized carbons (Fsp3) is 1.00. The lowest BCUT2D eigenvalue weighted by Gasteiger charge is -2.27. The number of rotatable bonds is 4. The molecule has 2 nitrogen and oxygen atoms in total. The largest absolute Gasteiger partial charge is 0.527 e. The van der Waals surface area contributed by atoms with Crippen LogP contribution in [-0.2, 0) is 9.47 Å². The molecule has 0 aliphatic heterocycles. The Balaban J connectivity index is 4.85. The monoisotopic (exact) mass is 330 g/mol. The predicted octanol–water partition coefficient (Wildman–Crippen LogP) is 3.67. The molecule has 0 atom stereocenters. The van der Waals surface area contributed by atoms with E-state index in [4.69, 9.17) is 0 Å². The van der Waals surface area contributed by atoms with Crippen LogP contribution in [0.2, 0.25) is 0 Å². The summed E-state index contributed by atoms with van der Waals surface area (Å²) in [5.41, 5.74) is 0. The van der Waals surface area contributed by atoms with E-state index in [2.05, 4.69) is 4.74 Å². The van der Waals surface area contributed by atoms with Gasteiger partial charge < -0.3 is 0 Å². The number of halogens is 10. The molecule has 0 saturated carbocycles. The molecule has 0 bridgehead atoms. The number of ether oxygens (including phenoxy) is 2. The summed E-state index contributed by atoms with van der Waals surface area (Å²) in [6.45, 7) is 0. The molecule has 0 aliphatic rings. The summed E-state index contributed by atoms with van der Waals surface area (Å²) in [5, 5.41) is -4.95. The molecule has 12 heteroatoms. The second kappa shape index (κ2) is 4.22. The van der Waals surface area contributed by atoms with Crippen molar-refractivity contribution in [3.05, 3.63) is 0 Å². The molecule has 0 fully saturated rings. The summed E-state index contributed by atoms with van der Waals surface area (Å²) < 4.78 is 109. The number of hydrogen-bond acceptors (Lipinski definition) is 2. The van der Waals surface area contributed by atoms with Crippen molar-refractivity contribution in [1.82, 2.24) is 0 Å². The van der Waals surface area contributed by atoms with Crippen LogP contribution in [-0.4, -0.2) is 23.6 Å². The van der Waals surface area contributed by atoms with Gasteiger partial charge in [0.2, 0.25) is 0 Å². The van der Waals surface area contributed by atoms with Crippen molar-refractivity contribution < 1.29 is 49.0 Å². The Morgan fingerprint density at radius 1 is 0.625 bits per heavy atom. The minimum atomic E-state index is -6.30. The molecule has 0 spiro atoms. The SMILES string of the molecule is FC(F)(F)OC(F)(F)C(F)(F)OC(F)(F)Br. The van der Waals surface area contributed by atoms with Gasteiger partial charge in [-0.3, -0.25) is 0 Å². The molecule has 0 amide bonds. The highest BCUT2D eigenvalue weighted by Crippen LogP contribution is 2.44. The van der Waals surface area contributed by atoms with Gasteiger partial charge in [0.05, 0.1) is 0 Å². The Bertz CT molecular complexity index is 217. The molecule has 0 aromatic rings. The van der Waals surface area contributed by atoms with E-state index in [0.717, 1.165) is 15.9 Å². The van der Waals surface area contributed by atoms with Crippen LogP contribution in [0, 0.1) is 0 Å². The average Bonchev–Trinajstić information content (AvgIpc) is 1.72. The van der Waals surface area contributed by atoms with E-state index in [9.17, 15) is 39.5 Å². The summed E-state index contributed by atoms with van der Waals surface area (Å²) >= 11 is 1.08. The quantitative estimate of drug-likeness (QED) is 0.578. The topological polar surface area (TPSA) is 18.5 Å². The summed E-state index contributed by atoms with van der Waals surface area (Å²) in [6.07, 6.45) is -18.6. The van der Waals surface area contributed by atoms with Crippen LogP contribution in [0.4, 0.5) is 39.5 Å². The summed E-state index contributed by atoms with van der Waals surface area (Å²) in [5.74, 6) is 0. The van der Waals surface area contributed by atoms with Gasteiger partial charge in [-0.25, -0.2) is 9.47 Å². The van der Waals surface area contributed by atoms with Crippen molar-refractivity contribution in [1.29, 1.82) is 0 Å². The molecule has 0 aromatic heterocycles. The minimum Gasteiger partial charge on any atom is -0.239 e. The smallest absolute Gasteiger partial charge is 0.239 e. The van der Waals surface area contributed by atoms with Crippen LogP contribution >= 0.6 is 15.9 Å². The summed E-state index contributed by atoms with van der Waals surface area (Å²) in [6, 6.07) is 0. The molecular formula is C4BrF9O2. The Labute approximate surface area is 89.4 Å². The Hall–Kier alpha value is -0.230. The molecular weight excluding hydrogens is 331 g/mol. The van der Waals surface area contributed by atoms with Gasteiger partial charge in [0.1, 0.15) is 0 Å². The lowest BCUT2D eigenvalue weighted by Crippen LogP contribution is -2.50. The highest BCUT2D eigenvalue weighted by atomic mass is 79.9. The third-order valence-electron chi connectivity index (χ3n) is 0.827. The third-order valence-corrected chi connectivity index (χ3v) is 0.989. The fourth-order valence-electron chi connectivity index (χ4n) is 0.410. The molecule has 0 aromatic carbocycles. The van der Waals surface area contributed by atoms with Crippen LogP contribution in [0.5, 0.6) is 0 Å². The van der Waals surface area contributed by atoms with E-state index in [0.29, 0.717) is 0 Å². The standard InChI is InChI=1S/C4BrF9O2/c5-3(10,11)15-1(6,7)2(8,9)16-4(12,13)14. The molecule has 98 valence electrons. The molecule has 0 aliphatic carbocycles. The number of hydrogen-bond donors (Lipinski definition) is 0. The Morgan fingerprint density at radius 3 is 1.19 bits per heavy atom. The van der Waals surface area contributed by atoms with Gasteiger partial charge in [-0.1, -0.05) is 0 Å². The van der Waals surface area contributed by atoms with Crippen molar-refractivity contribution in [2.24, 2.45) is 0 Å². The molecule has 16 heavy (non-hydrogen) atoms. The van der Waals surface area contributed by atoms with E-state index >= 15 is 0 Å². The first-order chi connectivity index (χ1) is 6.66. The lowest BCUT2D eigenvalue weighted by atomic mass is 10.6. The van der Waals surface area contributed by atoms with Crippen LogP contribution in [0.1, 0.15) is 0 Å². The molecule has 0 saturated heterocycles. The van der Waals surface area contributed by atoms with Crippen LogP contribution in [0.25, 0.3) is 0 Å². The van der Waals surface area contributed by atoms with E-state index in [1.807, 2.05) is 0 Å².